The Kier molecular flexibility index (Phi) is 7.64. The third-order valence-electron chi connectivity index (χ3n) is 4.55. The smallest absolute Gasteiger partial charge is 0.341 e. The number of ether oxygens (including phenoxy) is 1. The average Bonchev–Trinajstić information content (AvgIpc) is 3.05. The molecular weight excluding hydrogens is 480 g/mol. The van der Waals surface area contributed by atoms with Crippen LogP contribution in [0.15, 0.2) is 53.0 Å². The lowest BCUT2D eigenvalue weighted by Crippen LogP contribution is -2.21. The van der Waals surface area contributed by atoms with Crippen LogP contribution in [-0.4, -0.2) is 17.7 Å². The first-order chi connectivity index (χ1) is 14.4. The number of hydrogen-bond acceptors (Lipinski definition) is 4. The number of carbonyl (C=O) groups excluding carboxylic acids is 1. The van der Waals surface area contributed by atoms with Gasteiger partial charge in [-0.05, 0) is 61.8 Å². The van der Waals surface area contributed by atoms with Gasteiger partial charge < -0.3 is 15.4 Å². The van der Waals surface area contributed by atoms with Gasteiger partial charge in [0.15, 0.2) is 5.11 Å². The van der Waals surface area contributed by atoms with Gasteiger partial charge in [0.1, 0.15) is 10.6 Å². The Hall–Kier alpha value is -2.22. The second kappa shape index (κ2) is 10.2. The standard InChI is InChI=1S/C23H23BrN2O2S2/c1-4-15-13-17(24)11-12-18(15)25-23(29)26-21-20(22(27)28-5-2)19(14(3)30-21)16-9-7-6-8-10-16/h6-13H,4-5H2,1-3H3,(H2,25,26,29). The van der Waals surface area contributed by atoms with Crippen LogP contribution in [0.25, 0.3) is 11.1 Å². The average molecular weight is 503 g/mol. The Balaban J connectivity index is 1.94. The summed E-state index contributed by atoms with van der Waals surface area (Å²) in [6.45, 7) is 6.21. The number of thiophene rings is 1. The summed E-state index contributed by atoms with van der Waals surface area (Å²) in [5, 5.41) is 7.59. The van der Waals surface area contributed by atoms with Gasteiger partial charge in [-0.2, -0.15) is 0 Å². The summed E-state index contributed by atoms with van der Waals surface area (Å²) < 4.78 is 6.38. The van der Waals surface area contributed by atoms with E-state index in [-0.39, 0.29) is 5.97 Å². The molecule has 0 amide bonds. The summed E-state index contributed by atoms with van der Waals surface area (Å²) in [6.07, 6.45) is 0.870. The molecule has 3 aromatic rings. The van der Waals surface area contributed by atoms with Crippen molar-refractivity contribution in [1.29, 1.82) is 0 Å². The van der Waals surface area contributed by atoms with Gasteiger partial charge in [0.25, 0.3) is 0 Å². The summed E-state index contributed by atoms with van der Waals surface area (Å²) in [5.74, 6) is -0.358. The van der Waals surface area contributed by atoms with E-state index in [9.17, 15) is 4.79 Å². The normalized spacial score (nSPS) is 10.5. The minimum Gasteiger partial charge on any atom is -0.462 e. The SMILES string of the molecule is CCOC(=O)c1c(NC(=S)Nc2ccc(Br)cc2CC)sc(C)c1-c1ccccc1. The van der Waals surface area contributed by atoms with E-state index in [1.807, 2.05) is 49.4 Å². The predicted molar refractivity (Wildman–Crippen MR) is 134 cm³/mol. The van der Waals surface area contributed by atoms with E-state index >= 15 is 0 Å². The highest BCUT2D eigenvalue weighted by atomic mass is 79.9. The maximum atomic E-state index is 12.8. The lowest BCUT2D eigenvalue weighted by molar-refractivity contribution is 0.0529. The van der Waals surface area contributed by atoms with Crippen molar-refractivity contribution >= 4 is 61.3 Å². The van der Waals surface area contributed by atoms with Crippen molar-refractivity contribution in [3.8, 4) is 11.1 Å². The third kappa shape index (κ3) is 5.09. The second-order valence-electron chi connectivity index (χ2n) is 6.56. The number of nitrogens with one attached hydrogen (secondary N) is 2. The van der Waals surface area contributed by atoms with Crippen LogP contribution in [0.1, 0.15) is 34.6 Å². The van der Waals surface area contributed by atoms with Crippen molar-refractivity contribution in [2.75, 3.05) is 17.2 Å². The zero-order valence-electron chi connectivity index (χ0n) is 17.0. The van der Waals surface area contributed by atoms with Gasteiger partial charge >= 0.3 is 5.97 Å². The largest absolute Gasteiger partial charge is 0.462 e. The van der Waals surface area contributed by atoms with E-state index in [0.717, 1.165) is 38.1 Å². The van der Waals surface area contributed by atoms with Crippen molar-refractivity contribution in [3.63, 3.8) is 0 Å². The van der Waals surface area contributed by atoms with Gasteiger partial charge in [0.05, 0.1) is 6.61 Å². The van der Waals surface area contributed by atoms with Crippen LogP contribution in [0, 0.1) is 6.92 Å². The first-order valence-electron chi connectivity index (χ1n) is 9.66. The molecule has 0 aliphatic heterocycles. The van der Waals surface area contributed by atoms with Crippen LogP contribution in [-0.2, 0) is 11.2 Å². The molecular formula is C23H23BrN2O2S2. The minimum atomic E-state index is -0.358. The molecule has 0 saturated heterocycles. The molecule has 0 radical (unpaired) electrons. The van der Waals surface area contributed by atoms with Crippen molar-refractivity contribution < 1.29 is 9.53 Å². The van der Waals surface area contributed by atoms with E-state index in [1.165, 1.54) is 11.3 Å². The molecule has 3 rings (SSSR count). The highest BCUT2D eigenvalue weighted by molar-refractivity contribution is 9.10. The van der Waals surface area contributed by atoms with Gasteiger partial charge in [-0.3, -0.25) is 0 Å². The summed E-state index contributed by atoms with van der Waals surface area (Å²) in [4.78, 5) is 13.8. The number of halogens is 1. The van der Waals surface area contributed by atoms with Crippen molar-refractivity contribution in [1.82, 2.24) is 0 Å². The van der Waals surface area contributed by atoms with Crippen molar-refractivity contribution in [2.45, 2.75) is 27.2 Å². The van der Waals surface area contributed by atoms with Crippen LogP contribution >= 0.6 is 39.5 Å². The van der Waals surface area contributed by atoms with Gasteiger partial charge in [0.2, 0.25) is 0 Å². The first-order valence-corrected chi connectivity index (χ1v) is 11.7. The molecule has 1 heterocycles. The zero-order valence-corrected chi connectivity index (χ0v) is 20.3. The molecule has 0 saturated carbocycles. The number of aryl methyl sites for hydroxylation is 2. The van der Waals surface area contributed by atoms with Crippen LogP contribution in [0.3, 0.4) is 0 Å². The maximum Gasteiger partial charge on any atom is 0.341 e. The fraction of sp³-hybridized carbons (Fsp3) is 0.217. The fourth-order valence-corrected chi connectivity index (χ4v) is 4.97. The number of carbonyl (C=O) groups is 1. The molecule has 4 nitrogen and oxygen atoms in total. The molecule has 0 atom stereocenters. The van der Waals surface area contributed by atoms with Crippen molar-refractivity contribution in [3.05, 3.63) is 69.0 Å². The maximum absolute atomic E-state index is 12.8. The summed E-state index contributed by atoms with van der Waals surface area (Å²) in [5.41, 5.74) is 4.45. The number of benzene rings is 2. The number of esters is 1. The van der Waals surface area contributed by atoms with Gasteiger partial charge in [-0.25, -0.2) is 4.79 Å². The van der Waals surface area contributed by atoms with E-state index in [4.69, 9.17) is 17.0 Å². The van der Waals surface area contributed by atoms with E-state index in [1.54, 1.807) is 6.92 Å². The minimum absolute atomic E-state index is 0.308. The molecule has 0 unspecified atom stereocenters. The molecule has 2 aromatic carbocycles. The molecule has 30 heavy (non-hydrogen) atoms. The Labute approximate surface area is 194 Å². The molecule has 0 fully saturated rings. The second-order valence-corrected chi connectivity index (χ2v) is 9.11. The van der Waals surface area contributed by atoms with Crippen LogP contribution in [0.5, 0.6) is 0 Å². The van der Waals surface area contributed by atoms with Gasteiger partial charge in [-0.1, -0.05) is 53.2 Å². The Morgan fingerprint density at radius 2 is 1.87 bits per heavy atom. The van der Waals surface area contributed by atoms with Gasteiger partial charge in [0, 0.05) is 20.6 Å². The monoisotopic (exact) mass is 502 g/mol. The summed E-state index contributed by atoms with van der Waals surface area (Å²) in [6, 6.07) is 15.9. The Bertz CT molecular complexity index is 1060. The Morgan fingerprint density at radius 3 is 2.53 bits per heavy atom. The molecule has 0 spiro atoms. The third-order valence-corrected chi connectivity index (χ3v) is 6.27. The lowest BCUT2D eigenvalue weighted by atomic mass is 10.0. The van der Waals surface area contributed by atoms with Gasteiger partial charge in [-0.15, -0.1) is 11.3 Å². The Morgan fingerprint density at radius 1 is 1.13 bits per heavy atom. The van der Waals surface area contributed by atoms with E-state index < -0.39 is 0 Å². The van der Waals surface area contributed by atoms with Crippen LogP contribution in [0.2, 0.25) is 0 Å². The number of hydrogen-bond donors (Lipinski definition) is 2. The lowest BCUT2D eigenvalue weighted by Gasteiger charge is -2.14. The molecule has 0 bridgehead atoms. The van der Waals surface area contributed by atoms with Crippen LogP contribution < -0.4 is 10.6 Å². The fourth-order valence-electron chi connectivity index (χ4n) is 3.22. The summed E-state index contributed by atoms with van der Waals surface area (Å²) in [7, 11) is 0. The molecule has 0 aliphatic rings. The highest BCUT2D eigenvalue weighted by Crippen LogP contribution is 2.40. The summed E-state index contributed by atoms with van der Waals surface area (Å²) >= 11 is 10.6. The number of rotatable bonds is 6. The number of thiocarbonyl (C=S) groups is 1. The molecule has 0 aliphatic carbocycles. The van der Waals surface area contributed by atoms with E-state index in [0.29, 0.717) is 22.3 Å². The van der Waals surface area contributed by atoms with E-state index in [2.05, 4.69) is 39.6 Å². The highest BCUT2D eigenvalue weighted by Gasteiger charge is 2.25. The quantitative estimate of drug-likeness (QED) is 0.279. The zero-order chi connectivity index (χ0) is 21.7. The van der Waals surface area contributed by atoms with Crippen molar-refractivity contribution in [2.24, 2.45) is 0 Å². The van der Waals surface area contributed by atoms with Crippen LogP contribution in [0.4, 0.5) is 10.7 Å². The first kappa shape index (κ1) is 22.5. The topological polar surface area (TPSA) is 50.4 Å². The molecule has 156 valence electrons. The molecule has 7 heteroatoms. The predicted octanol–water partition coefficient (Wildman–Crippen LogP) is 7.03. The number of anilines is 2. The molecule has 2 N–H and O–H groups in total. The molecule has 1 aromatic heterocycles.